The maximum Gasteiger partial charge on any atom is 0.245 e. The molecule has 0 unspecified atom stereocenters. The second kappa shape index (κ2) is 7.78. The number of amides is 2. The summed E-state index contributed by atoms with van der Waals surface area (Å²) in [5.74, 6) is -0.283. The Kier molecular flexibility index (Phi) is 5.48. The molecule has 6 nitrogen and oxygen atoms in total. The van der Waals surface area contributed by atoms with Gasteiger partial charge in [-0.15, -0.1) is 0 Å². The average molecular weight is 343 g/mol. The van der Waals surface area contributed by atoms with E-state index in [0.717, 1.165) is 24.7 Å². The van der Waals surface area contributed by atoms with Crippen molar-refractivity contribution in [3.05, 3.63) is 35.9 Å². The van der Waals surface area contributed by atoms with Crippen LogP contribution in [0.3, 0.4) is 0 Å². The SMILES string of the molecule is N[C@@H](Cc1ccccc1)C(=O)N1CCC[C@H]1C(=O)N1CCC[C@H]1C=O. The molecule has 0 bridgehead atoms. The van der Waals surface area contributed by atoms with E-state index in [1.54, 1.807) is 9.80 Å². The van der Waals surface area contributed by atoms with Crippen LogP contribution in [-0.4, -0.2) is 59.1 Å². The van der Waals surface area contributed by atoms with Gasteiger partial charge in [-0.05, 0) is 37.7 Å². The molecule has 2 saturated heterocycles. The highest BCUT2D eigenvalue weighted by Crippen LogP contribution is 2.24. The van der Waals surface area contributed by atoms with E-state index < -0.39 is 12.1 Å². The number of aldehydes is 1. The van der Waals surface area contributed by atoms with Crippen LogP contribution in [0.25, 0.3) is 0 Å². The number of benzene rings is 1. The first kappa shape index (κ1) is 17.6. The molecule has 1 aromatic carbocycles. The molecule has 134 valence electrons. The predicted molar refractivity (Wildman–Crippen MR) is 93.7 cm³/mol. The third-order valence-corrected chi connectivity index (χ3v) is 5.18. The number of nitrogens with two attached hydrogens (primary N) is 1. The number of nitrogens with zero attached hydrogens (tertiary/aromatic N) is 2. The molecule has 2 aliphatic heterocycles. The Hall–Kier alpha value is -2.21. The molecule has 0 aromatic heterocycles. The quantitative estimate of drug-likeness (QED) is 0.799. The Balaban J connectivity index is 1.67. The summed E-state index contributed by atoms with van der Waals surface area (Å²) in [4.78, 5) is 40.1. The molecule has 2 fully saturated rings. The van der Waals surface area contributed by atoms with Crippen LogP contribution in [-0.2, 0) is 20.8 Å². The summed E-state index contributed by atoms with van der Waals surface area (Å²) in [6.45, 7) is 1.15. The lowest BCUT2D eigenvalue weighted by molar-refractivity contribution is -0.145. The molecule has 3 atom stereocenters. The van der Waals surface area contributed by atoms with Crippen LogP contribution in [0.4, 0.5) is 0 Å². The average Bonchev–Trinajstić information content (AvgIpc) is 3.30. The van der Waals surface area contributed by atoms with Crippen LogP contribution in [0.5, 0.6) is 0 Å². The van der Waals surface area contributed by atoms with Crippen molar-refractivity contribution >= 4 is 18.1 Å². The number of hydrogen-bond acceptors (Lipinski definition) is 4. The summed E-state index contributed by atoms with van der Waals surface area (Å²) >= 11 is 0. The lowest BCUT2D eigenvalue weighted by Gasteiger charge is -2.31. The Labute approximate surface area is 148 Å². The second-order valence-electron chi connectivity index (χ2n) is 6.86. The van der Waals surface area contributed by atoms with Gasteiger partial charge in [0, 0.05) is 13.1 Å². The molecule has 2 aliphatic rings. The zero-order valence-corrected chi connectivity index (χ0v) is 14.3. The Morgan fingerprint density at radius 3 is 2.52 bits per heavy atom. The largest absolute Gasteiger partial charge is 0.331 e. The van der Waals surface area contributed by atoms with Crippen molar-refractivity contribution in [1.29, 1.82) is 0 Å². The van der Waals surface area contributed by atoms with Crippen molar-refractivity contribution in [2.75, 3.05) is 13.1 Å². The monoisotopic (exact) mass is 343 g/mol. The van der Waals surface area contributed by atoms with Crippen LogP contribution in [0.15, 0.2) is 30.3 Å². The van der Waals surface area contributed by atoms with Crippen LogP contribution in [0.2, 0.25) is 0 Å². The van der Waals surface area contributed by atoms with Crippen molar-refractivity contribution in [3.63, 3.8) is 0 Å². The van der Waals surface area contributed by atoms with Gasteiger partial charge < -0.3 is 20.3 Å². The standard InChI is InChI=1S/C19H25N3O3/c20-16(12-14-6-2-1-3-7-14)18(24)22-11-5-9-17(22)19(25)21-10-4-8-15(21)13-23/h1-3,6-7,13,15-17H,4-5,8-12,20H2/t15-,16-,17-/m0/s1. The van der Waals surface area contributed by atoms with Crippen molar-refractivity contribution in [2.45, 2.75) is 50.2 Å². The van der Waals surface area contributed by atoms with E-state index in [-0.39, 0.29) is 17.9 Å². The lowest BCUT2D eigenvalue weighted by Crippen LogP contribution is -2.53. The van der Waals surface area contributed by atoms with Gasteiger partial charge in [-0.2, -0.15) is 0 Å². The highest BCUT2D eigenvalue weighted by atomic mass is 16.2. The van der Waals surface area contributed by atoms with Crippen molar-refractivity contribution in [2.24, 2.45) is 5.73 Å². The summed E-state index contributed by atoms with van der Waals surface area (Å²) in [7, 11) is 0. The van der Waals surface area contributed by atoms with E-state index in [1.807, 2.05) is 30.3 Å². The van der Waals surface area contributed by atoms with E-state index >= 15 is 0 Å². The molecular weight excluding hydrogens is 318 g/mol. The number of carbonyl (C=O) groups excluding carboxylic acids is 3. The van der Waals surface area contributed by atoms with Crippen molar-refractivity contribution < 1.29 is 14.4 Å². The fraction of sp³-hybridized carbons (Fsp3) is 0.526. The van der Waals surface area contributed by atoms with Gasteiger partial charge in [0.1, 0.15) is 12.3 Å². The molecule has 0 radical (unpaired) electrons. The molecular formula is C19H25N3O3. The molecule has 0 aliphatic carbocycles. The fourth-order valence-corrected chi connectivity index (χ4v) is 3.85. The van der Waals surface area contributed by atoms with Gasteiger partial charge in [0.15, 0.2) is 0 Å². The molecule has 0 saturated carbocycles. The normalized spacial score (nSPS) is 24.4. The van der Waals surface area contributed by atoms with E-state index in [2.05, 4.69) is 0 Å². The number of rotatable bonds is 5. The van der Waals surface area contributed by atoms with E-state index in [1.165, 1.54) is 0 Å². The molecule has 2 amide bonds. The first-order valence-electron chi connectivity index (χ1n) is 8.97. The van der Waals surface area contributed by atoms with Gasteiger partial charge in [0.25, 0.3) is 0 Å². The third kappa shape index (κ3) is 3.74. The zero-order chi connectivity index (χ0) is 17.8. The molecule has 2 N–H and O–H groups in total. The third-order valence-electron chi connectivity index (χ3n) is 5.18. The van der Waals surface area contributed by atoms with Crippen molar-refractivity contribution in [3.8, 4) is 0 Å². The Morgan fingerprint density at radius 1 is 1.12 bits per heavy atom. The minimum Gasteiger partial charge on any atom is -0.331 e. The van der Waals surface area contributed by atoms with Gasteiger partial charge >= 0.3 is 0 Å². The summed E-state index contributed by atoms with van der Waals surface area (Å²) in [5, 5.41) is 0. The minimum atomic E-state index is -0.656. The molecule has 25 heavy (non-hydrogen) atoms. The maximum atomic E-state index is 12.8. The summed E-state index contributed by atoms with van der Waals surface area (Å²) in [6, 6.07) is 8.17. The van der Waals surface area contributed by atoms with E-state index in [4.69, 9.17) is 5.73 Å². The molecule has 1 aromatic rings. The first-order chi connectivity index (χ1) is 12.1. The molecule has 6 heteroatoms. The highest BCUT2D eigenvalue weighted by Gasteiger charge is 2.40. The van der Waals surface area contributed by atoms with E-state index in [9.17, 15) is 14.4 Å². The fourth-order valence-electron chi connectivity index (χ4n) is 3.85. The topological polar surface area (TPSA) is 83.7 Å². The Bertz CT molecular complexity index is 634. The van der Waals surface area contributed by atoms with Gasteiger partial charge in [-0.1, -0.05) is 30.3 Å². The predicted octanol–water partition coefficient (Wildman–Crippen LogP) is 0.737. The first-order valence-corrected chi connectivity index (χ1v) is 8.97. The highest BCUT2D eigenvalue weighted by molar-refractivity contribution is 5.91. The number of hydrogen-bond donors (Lipinski definition) is 1. The van der Waals surface area contributed by atoms with Gasteiger partial charge in [0.2, 0.25) is 11.8 Å². The maximum absolute atomic E-state index is 12.8. The van der Waals surface area contributed by atoms with E-state index in [0.29, 0.717) is 32.4 Å². The number of carbonyl (C=O) groups is 3. The zero-order valence-electron chi connectivity index (χ0n) is 14.3. The van der Waals surface area contributed by atoms with Gasteiger partial charge in [-0.3, -0.25) is 9.59 Å². The molecule has 3 rings (SSSR count). The van der Waals surface area contributed by atoms with Crippen LogP contribution in [0.1, 0.15) is 31.2 Å². The van der Waals surface area contributed by atoms with Crippen LogP contribution in [0, 0.1) is 0 Å². The summed E-state index contributed by atoms with van der Waals surface area (Å²) < 4.78 is 0. The van der Waals surface area contributed by atoms with Gasteiger partial charge in [0.05, 0.1) is 12.1 Å². The second-order valence-corrected chi connectivity index (χ2v) is 6.86. The Morgan fingerprint density at radius 2 is 1.80 bits per heavy atom. The van der Waals surface area contributed by atoms with Crippen LogP contribution < -0.4 is 5.73 Å². The molecule has 0 spiro atoms. The van der Waals surface area contributed by atoms with Crippen LogP contribution >= 0.6 is 0 Å². The summed E-state index contributed by atoms with van der Waals surface area (Å²) in [6.07, 6.45) is 4.28. The number of likely N-dealkylation sites (tertiary alicyclic amines) is 2. The van der Waals surface area contributed by atoms with Gasteiger partial charge in [-0.25, -0.2) is 0 Å². The summed E-state index contributed by atoms with van der Waals surface area (Å²) in [5.41, 5.74) is 7.13. The minimum absolute atomic E-state index is 0.104. The lowest BCUT2D eigenvalue weighted by atomic mass is 10.0. The van der Waals surface area contributed by atoms with Crippen molar-refractivity contribution in [1.82, 2.24) is 9.80 Å². The molecule has 2 heterocycles. The smallest absolute Gasteiger partial charge is 0.245 e.